The lowest BCUT2D eigenvalue weighted by Gasteiger charge is -2.14. The summed E-state index contributed by atoms with van der Waals surface area (Å²) in [5.41, 5.74) is 0.959. The molecular formula is C19H21ClN4O3. The van der Waals surface area contributed by atoms with Crippen LogP contribution in [0.4, 0.5) is 10.5 Å². The number of aliphatic hydroxyl groups is 1. The third kappa shape index (κ3) is 7.15. The van der Waals surface area contributed by atoms with Gasteiger partial charge in [0, 0.05) is 19.6 Å². The summed E-state index contributed by atoms with van der Waals surface area (Å²) in [5, 5.41) is 27.7. The number of amides is 2. The minimum Gasteiger partial charge on any atom is -0.489 e. The first-order valence-corrected chi connectivity index (χ1v) is 8.78. The van der Waals surface area contributed by atoms with Crippen molar-refractivity contribution >= 4 is 23.3 Å². The Hall–Kier alpha value is -2.79. The van der Waals surface area contributed by atoms with Gasteiger partial charge in [-0.25, -0.2) is 4.79 Å². The first-order chi connectivity index (χ1) is 13.1. The van der Waals surface area contributed by atoms with Gasteiger partial charge in [0.25, 0.3) is 0 Å². The molecule has 0 radical (unpaired) electrons. The molecule has 0 saturated heterocycles. The van der Waals surface area contributed by atoms with E-state index in [0.717, 1.165) is 0 Å². The van der Waals surface area contributed by atoms with E-state index in [-0.39, 0.29) is 12.6 Å². The molecule has 2 aromatic carbocycles. The molecule has 4 N–H and O–H groups in total. The molecule has 142 valence electrons. The summed E-state index contributed by atoms with van der Waals surface area (Å²) in [4.78, 5) is 11.8. The number of carbonyl (C=O) groups excluding carboxylic acids is 1. The molecule has 1 atom stereocenters. The predicted molar refractivity (Wildman–Crippen MR) is 104 cm³/mol. The Kier molecular flexibility index (Phi) is 8.39. The number of hydrogen-bond donors (Lipinski definition) is 4. The van der Waals surface area contributed by atoms with Crippen LogP contribution in [0.5, 0.6) is 5.75 Å². The zero-order valence-corrected chi connectivity index (χ0v) is 15.4. The number of anilines is 1. The van der Waals surface area contributed by atoms with E-state index < -0.39 is 6.10 Å². The molecule has 8 heteroatoms. The van der Waals surface area contributed by atoms with Crippen molar-refractivity contribution in [2.45, 2.75) is 6.10 Å². The quantitative estimate of drug-likeness (QED) is 0.493. The number of urea groups is 1. The van der Waals surface area contributed by atoms with Crippen LogP contribution < -0.4 is 20.7 Å². The van der Waals surface area contributed by atoms with E-state index in [0.29, 0.717) is 41.7 Å². The normalized spacial score (nSPS) is 11.3. The summed E-state index contributed by atoms with van der Waals surface area (Å²) in [6, 6.07) is 15.5. The maximum atomic E-state index is 11.8. The van der Waals surface area contributed by atoms with Gasteiger partial charge < -0.3 is 25.8 Å². The van der Waals surface area contributed by atoms with E-state index in [1.807, 2.05) is 6.07 Å². The summed E-state index contributed by atoms with van der Waals surface area (Å²) >= 11 is 5.97. The number of nitrogens with one attached hydrogen (secondary N) is 3. The van der Waals surface area contributed by atoms with Gasteiger partial charge in [0.1, 0.15) is 24.5 Å². The van der Waals surface area contributed by atoms with Gasteiger partial charge in [-0.1, -0.05) is 35.9 Å². The third-order valence-electron chi connectivity index (χ3n) is 3.53. The molecule has 2 aromatic rings. The smallest absolute Gasteiger partial charge is 0.319 e. The number of aliphatic hydroxyl groups excluding tert-OH is 1. The number of nitrogens with zero attached hydrogens (tertiary/aromatic N) is 1. The van der Waals surface area contributed by atoms with E-state index in [2.05, 4.69) is 16.0 Å². The second-order valence-corrected chi connectivity index (χ2v) is 6.04. The van der Waals surface area contributed by atoms with E-state index in [1.54, 1.807) is 48.5 Å². The SMILES string of the molecule is N#Cc1ccccc1OCC(O)CNCCNC(=O)Nc1ccccc1Cl. The fourth-order valence-electron chi connectivity index (χ4n) is 2.19. The fraction of sp³-hybridized carbons (Fsp3) is 0.263. The second-order valence-electron chi connectivity index (χ2n) is 5.64. The Morgan fingerprint density at radius 1 is 1.19 bits per heavy atom. The minimum absolute atomic E-state index is 0.0616. The predicted octanol–water partition coefficient (Wildman–Crippen LogP) is 2.36. The molecule has 1 unspecified atom stereocenters. The van der Waals surface area contributed by atoms with Crippen LogP contribution in [0, 0.1) is 11.3 Å². The Labute approximate surface area is 162 Å². The highest BCUT2D eigenvalue weighted by atomic mass is 35.5. The number of carbonyl (C=O) groups is 1. The topological polar surface area (TPSA) is 106 Å². The molecule has 0 spiro atoms. The van der Waals surface area contributed by atoms with Crippen LogP contribution in [0.25, 0.3) is 0 Å². The molecule has 0 aromatic heterocycles. The molecule has 7 nitrogen and oxygen atoms in total. The number of nitriles is 1. The second kappa shape index (κ2) is 11.0. The Morgan fingerprint density at radius 2 is 1.93 bits per heavy atom. The molecule has 0 heterocycles. The Bertz CT molecular complexity index is 795. The van der Waals surface area contributed by atoms with Gasteiger partial charge in [-0.15, -0.1) is 0 Å². The number of ether oxygens (including phenoxy) is 1. The highest BCUT2D eigenvalue weighted by Gasteiger charge is 2.08. The largest absolute Gasteiger partial charge is 0.489 e. The average molecular weight is 389 g/mol. The van der Waals surface area contributed by atoms with Crippen LogP contribution >= 0.6 is 11.6 Å². The van der Waals surface area contributed by atoms with Crippen molar-refractivity contribution < 1.29 is 14.6 Å². The van der Waals surface area contributed by atoms with E-state index in [4.69, 9.17) is 21.6 Å². The van der Waals surface area contributed by atoms with Crippen LogP contribution in [-0.2, 0) is 0 Å². The molecular weight excluding hydrogens is 368 g/mol. The van der Waals surface area contributed by atoms with Gasteiger partial charge in [0.2, 0.25) is 0 Å². The Balaban J connectivity index is 1.59. The highest BCUT2D eigenvalue weighted by molar-refractivity contribution is 6.33. The molecule has 27 heavy (non-hydrogen) atoms. The summed E-state index contributed by atoms with van der Waals surface area (Å²) < 4.78 is 5.46. The average Bonchev–Trinajstić information content (AvgIpc) is 2.68. The number of hydrogen-bond acceptors (Lipinski definition) is 5. The van der Waals surface area contributed by atoms with Crippen LogP contribution in [0.15, 0.2) is 48.5 Å². The summed E-state index contributed by atoms with van der Waals surface area (Å²) in [5.74, 6) is 0.442. The fourth-order valence-corrected chi connectivity index (χ4v) is 2.37. The zero-order chi connectivity index (χ0) is 19.5. The van der Waals surface area contributed by atoms with Crippen LogP contribution in [0.1, 0.15) is 5.56 Å². The first kappa shape index (κ1) is 20.5. The molecule has 0 aliphatic carbocycles. The van der Waals surface area contributed by atoms with E-state index >= 15 is 0 Å². The minimum atomic E-state index is -0.742. The van der Waals surface area contributed by atoms with Crippen LogP contribution in [-0.4, -0.2) is 43.5 Å². The Morgan fingerprint density at radius 3 is 2.70 bits per heavy atom. The number of rotatable bonds is 9. The molecule has 0 fully saturated rings. The number of halogens is 1. The van der Waals surface area contributed by atoms with Gasteiger partial charge in [-0.05, 0) is 24.3 Å². The van der Waals surface area contributed by atoms with Crippen molar-refractivity contribution in [2.75, 3.05) is 31.6 Å². The first-order valence-electron chi connectivity index (χ1n) is 8.40. The van der Waals surface area contributed by atoms with Gasteiger partial charge in [-0.2, -0.15) is 5.26 Å². The third-order valence-corrected chi connectivity index (χ3v) is 3.86. The summed E-state index contributed by atoms with van der Waals surface area (Å²) in [6.07, 6.45) is -0.742. The highest BCUT2D eigenvalue weighted by Crippen LogP contribution is 2.20. The van der Waals surface area contributed by atoms with Crippen LogP contribution in [0.2, 0.25) is 5.02 Å². The maximum Gasteiger partial charge on any atom is 0.319 e. The summed E-state index contributed by atoms with van der Waals surface area (Å²) in [6.45, 7) is 1.21. The van der Waals surface area contributed by atoms with Crippen molar-refractivity contribution in [3.63, 3.8) is 0 Å². The van der Waals surface area contributed by atoms with Gasteiger partial charge in [0.15, 0.2) is 0 Å². The summed E-state index contributed by atoms with van der Waals surface area (Å²) in [7, 11) is 0. The molecule has 2 amide bonds. The van der Waals surface area contributed by atoms with Crippen molar-refractivity contribution in [3.8, 4) is 11.8 Å². The number of para-hydroxylation sites is 2. The van der Waals surface area contributed by atoms with Gasteiger partial charge in [-0.3, -0.25) is 0 Å². The van der Waals surface area contributed by atoms with Gasteiger partial charge >= 0.3 is 6.03 Å². The van der Waals surface area contributed by atoms with Crippen molar-refractivity contribution in [1.82, 2.24) is 10.6 Å². The molecule has 2 rings (SSSR count). The molecule has 0 bridgehead atoms. The standard InChI is InChI=1S/C19H21ClN4O3/c20-16-6-2-3-7-17(16)24-19(26)23-10-9-22-12-15(25)13-27-18-8-4-1-5-14(18)11-21/h1-8,15,22,25H,9-10,12-13H2,(H2,23,24,26). The molecule has 0 aliphatic heterocycles. The molecule has 0 aliphatic rings. The van der Waals surface area contributed by atoms with Crippen molar-refractivity contribution in [1.29, 1.82) is 5.26 Å². The van der Waals surface area contributed by atoms with Crippen LogP contribution in [0.3, 0.4) is 0 Å². The maximum absolute atomic E-state index is 11.8. The lowest BCUT2D eigenvalue weighted by atomic mass is 10.2. The van der Waals surface area contributed by atoms with Gasteiger partial charge in [0.05, 0.1) is 16.3 Å². The lowest BCUT2D eigenvalue weighted by molar-refractivity contribution is 0.106. The molecule has 0 saturated carbocycles. The van der Waals surface area contributed by atoms with Crippen molar-refractivity contribution in [2.24, 2.45) is 0 Å². The zero-order valence-electron chi connectivity index (χ0n) is 14.6. The lowest BCUT2D eigenvalue weighted by Crippen LogP contribution is -2.38. The van der Waals surface area contributed by atoms with E-state index in [9.17, 15) is 9.90 Å². The van der Waals surface area contributed by atoms with E-state index in [1.165, 1.54) is 0 Å². The number of benzene rings is 2. The van der Waals surface area contributed by atoms with Crippen molar-refractivity contribution in [3.05, 3.63) is 59.1 Å². The monoisotopic (exact) mass is 388 g/mol.